The van der Waals surface area contributed by atoms with E-state index in [0.29, 0.717) is 6.54 Å². The molecule has 1 aromatic rings. The van der Waals surface area contributed by atoms with Gasteiger partial charge in [-0.1, -0.05) is 0 Å². The number of halogens is 2. The molecule has 1 rings (SSSR count). The number of nitrogens with zero attached hydrogens (tertiary/aromatic N) is 2. The Hall–Kier alpha value is -0.580. The highest BCUT2D eigenvalue weighted by Crippen LogP contribution is 1.96. The molecule has 0 aromatic carbocycles. The summed E-state index contributed by atoms with van der Waals surface area (Å²) in [5.41, 5.74) is 5.32. The van der Waals surface area contributed by atoms with E-state index in [9.17, 15) is 0 Å². The summed E-state index contributed by atoms with van der Waals surface area (Å²) in [5.74, 6) is 0.806. The minimum atomic E-state index is 0. The van der Waals surface area contributed by atoms with Crippen molar-refractivity contribution in [3.8, 4) is 0 Å². The summed E-state index contributed by atoms with van der Waals surface area (Å²) in [5, 5.41) is 10.7. The van der Waals surface area contributed by atoms with Crippen LogP contribution in [0, 0.1) is 0 Å². The maximum atomic E-state index is 5.32. The quantitative estimate of drug-likeness (QED) is 0.752. The fourth-order valence-corrected chi connectivity index (χ4v) is 0.714. The van der Waals surface area contributed by atoms with E-state index in [1.54, 1.807) is 6.20 Å². The zero-order valence-corrected chi connectivity index (χ0v) is 8.77. The lowest BCUT2D eigenvalue weighted by molar-refractivity contribution is 0.864. The molecular weight excluding hydrogens is 211 g/mol. The Kier molecular flexibility index (Phi) is 10.9. The zero-order chi connectivity index (χ0) is 7.94. The second kappa shape index (κ2) is 9.51. The Balaban J connectivity index is 0. The molecule has 0 amide bonds. The molecule has 0 aliphatic heterocycles. The highest BCUT2D eigenvalue weighted by molar-refractivity contribution is 5.85. The second-order valence-electron chi connectivity index (χ2n) is 2.18. The Morgan fingerprint density at radius 1 is 1.38 bits per heavy atom. The number of hydrogen-bond donors (Lipinski definition) is 2. The van der Waals surface area contributed by atoms with Gasteiger partial charge in [0.15, 0.2) is 0 Å². The van der Waals surface area contributed by atoms with Gasteiger partial charge in [-0.15, -0.1) is 29.9 Å². The van der Waals surface area contributed by atoms with Crippen molar-refractivity contribution < 1.29 is 0 Å². The van der Waals surface area contributed by atoms with Crippen molar-refractivity contribution in [2.24, 2.45) is 5.73 Å². The van der Waals surface area contributed by atoms with Crippen LogP contribution in [-0.2, 0) is 0 Å². The largest absolute Gasteiger partial charge is 0.369 e. The van der Waals surface area contributed by atoms with E-state index in [4.69, 9.17) is 5.73 Å². The standard InChI is InChI=1S/C7H12N4.2ClH/c8-4-2-5-9-7-3-1-6-10-11-7;;/h1,3,6H,2,4-5,8H2,(H,9,11);2*1H. The van der Waals surface area contributed by atoms with Crippen LogP contribution in [0.4, 0.5) is 5.82 Å². The number of nitrogens with two attached hydrogens (primary N) is 1. The van der Waals surface area contributed by atoms with Gasteiger partial charge in [0.05, 0.1) is 0 Å². The fourth-order valence-electron chi connectivity index (χ4n) is 0.714. The van der Waals surface area contributed by atoms with Crippen LogP contribution in [0.1, 0.15) is 6.42 Å². The van der Waals surface area contributed by atoms with Gasteiger partial charge < -0.3 is 11.1 Å². The second-order valence-corrected chi connectivity index (χ2v) is 2.18. The lowest BCUT2D eigenvalue weighted by Crippen LogP contribution is -2.09. The third-order valence-electron chi connectivity index (χ3n) is 1.26. The van der Waals surface area contributed by atoms with E-state index in [2.05, 4.69) is 15.5 Å². The van der Waals surface area contributed by atoms with Gasteiger partial charge in [-0.25, -0.2) is 0 Å². The summed E-state index contributed by atoms with van der Waals surface area (Å²) in [6, 6.07) is 3.72. The molecule has 0 saturated carbocycles. The molecule has 3 N–H and O–H groups in total. The first-order valence-electron chi connectivity index (χ1n) is 3.65. The predicted molar refractivity (Wildman–Crippen MR) is 58.7 cm³/mol. The first-order chi connectivity index (χ1) is 5.43. The van der Waals surface area contributed by atoms with Crippen molar-refractivity contribution >= 4 is 30.6 Å². The lowest BCUT2D eigenvalue weighted by Gasteiger charge is -2.01. The monoisotopic (exact) mass is 224 g/mol. The Morgan fingerprint density at radius 2 is 2.15 bits per heavy atom. The lowest BCUT2D eigenvalue weighted by atomic mass is 10.4. The van der Waals surface area contributed by atoms with Crippen LogP contribution in [0.15, 0.2) is 18.3 Å². The van der Waals surface area contributed by atoms with Crippen LogP contribution < -0.4 is 11.1 Å². The summed E-state index contributed by atoms with van der Waals surface area (Å²) in [6.45, 7) is 1.56. The van der Waals surface area contributed by atoms with Crippen LogP contribution in [0.5, 0.6) is 0 Å². The van der Waals surface area contributed by atoms with E-state index in [-0.39, 0.29) is 24.8 Å². The molecule has 0 atom stereocenters. The van der Waals surface area contributed by atoms with E-state index in [1.165, 1.54) is 0 Å². The Bertz CT molecular complexity index is 195. The molecule has 0 spiro atoms. The van der Waals surface area contributed by atoms with E-state index in [0.717, 1.165) is 18.8 Å². The van der Waals surface area contributed by atoms with Gasteiger partial charge in [0.2, 0.25) is 0 Å². The zero-order valence-electron chi connectivity index (χ0n) is 7.14. The average Bonchev–Trinajstić information content (AvgIpc) is 2.07. The summed E-state index contributed by atoms with van der Waals surface area (Å²) in [4.78, 5) is 0. The van der Waals surface area contributed by atoms with E-state index >= 15 is 0 Å². The first-order valence-corrected chi connectivity index (χ1v) is 3.65. The van der Waals surface area contributed by atoms with Gasteiger partial charge in [-0.05, 0) is 25.1 Å². The number of nitrogens with one attached hydrogen (secondary N) is 1. The Morgan fingerprint density at radius 3 is 2.69 bits per heavy atom. The molecular formula is C7H14Cl2N4. The smallest absolute Gasteiger partial charge is 0.148 e. The van der Waals surface area contributed by atoms with Crippen LogP contribution >= 0.6 is 24.8 Å². The number of anilines is 1. The summed E-state index contributed by atoms with van der Waals surface area (Å²) in [7, 11) is 0. The van der Waals surface area contributed by atoms with Crippen molar-refractivity contribution in [2.75, 3.05) is 18.4 Å². The molecule has 0 saturated heterocycles. The molecule has 13 heavy (non-hydrogen) atoms. The Labute approximate surface area is 90.1 Å². The van der Waals surface area contributed by atoms with Crippen molar-refractivity contribution in [1.82, 2.24) is 10.2 Å². The highest BCUT2D eigenvalue weighted by atomic mass is 35.5. The molecule has 76 valence electrons. The van der Waals surface area contributed by atoms with Gasteiger partial charge in [0.25, 0.3) is 0 Å². The van der Waals surface area contributed by atoms with Crippen LogP contribution in [0.25, 0.3) is 0 Å². The molecule has 0 bridgehead atoms. The SMILES string of the molecule is Cl.Cl.NCCCNc1cccnn1. The van der Waals surface area contributed by atoms with Crippen LogP contribution in [0.2, 0.25) is 0 Å². The van der Waals surface area contributed by atoms with Crippen molar-refractivity contribution in [3.05, 3.63) is 18.3 Å². The van der Waals surface area contributed by atoms with Crippen LogP contribution in [-0.4, -0.2) is 23.3 Å². The van der Waals surface area contributed by atoms with Gasteiger partial charge in [0.1, 0.15) is 5.82 Å². The molecule has 0 fully saturated rings. The maximum Gasteiger partial charge on any atom is 0.148 e. The average molecular weight is 225 g/mol. The molecule has 6 heteroatoms. The molecule has 1 aromatic heterocycles. The summed E-state index contributed by atoms with van der Waals surface area (Å²) >= 11 is 0. The van der Waals surface area contributed by atoms with Gasteiger partial charge in [-0.2, -0.15) is 5.10 Å². The number of aromatic nitrogens is 2. The molecule has 0 unspecified atom stereocenters. The maximum absolute atomic E-state index is 5.32. The first kappa shape index (κ1) is 14.9. The molecule has 0 aliphatic rings. The minimum Gasteiger partial charge on any atom is -0.369 e. The molecule has 0 radical (unpaired) electrons. The van der Waals surface area contributed by atoms with Crippen molar-refractivity contribution in [3.63, 3.8) is 0 Å². The predicted octanol–water partition coefficient (Wildman–Crippen LogP) is 1.08. The van der Waals surface area contributed by atoms with Crippen LogP contribution in [0.3, 0.4) is 0 Å². The number of hydrogen-bond acceptors (Lipinski definition) is 4. The van der Waals surface area contributed by atoms with Gasteiger partial charge >= 0.3 is 0 Å². The molecule has 4 nitrogen and oxygen atoms in total. The molecule has 0 aliphatic carbocycles. The number of rotatable bonds is 4. The molecule has 1 heterocycles. The summed E-state index contributed by atoms with van der Waals surface area (Å²) in [6.07, 6.45) is 2.60. The van der Waals surface area contributed by atoms with E-state index in [1.807, 2.05) is 12.1 Å². The summed E-state index contributed by atoms with van der Waals surface area (Å²) < 4.78 is 0. The third kappa shape index (κ3) is 6.57. The van der Waals surface area contributed by atoms with Crippen molar-refractivity contribution in [2.45, 2.75) is 6.42 Å². The highest BCUT2D eigenvalue weighted by Gasteiger charge is 1.88. The third-order valence-corrected chi connectivity index (χ3v) is 1.26. The topological polar surface area (TPSA) is 63.8 Å². The van der Waals surface area contributed by atoms with Gasteiger partial charge in [-0.3, -0.25) is 0 Å². The fraction of sp³-hybridized carbons (Fsp3) is 0.429. The normalized spacial score (nSPS) is 8.08. The van der Waals surface area contributed by atoms with Gasteiger partial charge in [0, 0.05) is 12.7 Å². The van der Waals surface area contributed by atoms with E-state index < -0.39 is 0 Å². The minimum absolute atomic E-state index is 0. The van der Waals surface area contributed by atoms with Crippen molar-refractivity contribution in [1.29, 1.82) is 0 Å².